The fourth-order valence-corrected chi connectivity index (χ4v) is 2.08. The number of rotatable bonds is 5. The molecule has 2 rings (SSSR count). The van der Waals surface area contributed by atoms with E-state index in [1.807, 2.05) is 6.92 Å². The van der Waals surface area contributed by atoms with Crippen molar-refractivity contribution < 1.29 is 21.3 Å². The van der Waals surface area contributed by atoms with Gasteiger partial charge in [0.2, 0.25) is 0 Å². The number of carbonyl (C=O) groups is 1. The third-order valence-electron chi connectivity index (χ3n) is 2.69. The average Bonchev–Trinajstić information content (AvgIpc) is 2.78. The maximum atomic E-state index is 12.5. The van der Waals surface area contributed by atoms with E-state index in [2.05, 4.69) is 19.6 Å². The molecule has 10 heteroatoms. The standard InChI is InChI=1S/C12H13FN4O4S/c1-3-8-5-11(17(2)16-8)12(18)15-9-4-10(7-14-6-9)21-22(13,19)20/h4-7H,3H2,1-2H3,(H,15,18). The minimum Gasteiger partial charge on any atom is -0.357 e. The first kappa shape index (κ1) is 15.9. The predicted molar refractivity (Wildman–Crippen MR) is 75.4 cm³/mol. The van der Waals surface area contributed by atoms with Gasteiger partial charge >= 0.3 is 10.5 Å². The summed E-state index contributed by atoms with van der Waals surface area (Å²) in [6.45, 7) is 1.91. The van der Waals surface area contributed by atoms with Gasteiger partial charge in [-0.15, -0.1) is 0 Å². The number of aryl methyl sites for hydroxylation is 2. The van der Waals surface area contributed by atoms with Gasteiger partial charge in [-0.3, -0.25) is 14.5 Å². The van der Waals surface area contributed by atoms with Crippen LogP contribution in [0.3, 0.4) is 0 Å². The Morgan fingerprint density at radius 1 is 1.41 bits per heavy atom. The van der Waals surface area contributed by atoms with Crippen molar-refractivity contribution in [2.45, 2.75) is 13.3 Å². The van der Waals surface area contributed by atoms with Crippen LogP contribution in [-0.4, -0.2) is 29.1 Å². The number of anilines is 1. The molecule has 118 valence electrons. The fourth-order valence-electron chi connectivity index (χ4n) is 1.75. The van der Waals surface area contributed by atoms with Crippen molar-refractivity contribution >= 4 is 22.1 Å². The fraction of sp³-hybridized carbons (Fsp3) is 0.250. The monoisotopic (exact) mass is 328 g/mol. The summed E-state index contributed by atoms with van der Waals surface area (Å²) < 4.78 is 38.8. The summed E-state index contributed by atoms with van der Waals surface area (Å²) in [6.07, 6.45) is 2.96. The second kappa shape index (κ2) is 6.10. The molecule has 0 atom stereocenters. The molecular weight excluding hydrogens is 315 g/mol. The molecule has 0 saturated carbocycles. The summed E-state index contributed by atoms with van der Waals surface area (Å²) >= 11 is 0. The number of nitrogens with zero attached hydrogens (tertiary/aromatic N) is 3. The van der Waals surface area contributed by atoms with Gasteiger partial charge in [-0.2, -0.15) is 13.5 Å². The third-order valence-corrected chi connectivity index (χ3v) is 3.08. The largest absolute Gasteiger partial charge is 0.488 e. The first-order valence-electron chi connectivity index (χ1n) is 6.22. The molecule has 0 aliphatic heterocycles. The van der Waals surface area contributed by atoms with Gasteiger partial charge in [0, 0.05) is 13.1 Å². The summed E-state index contributed by atoms with van der Waals surface area (Å²) in [5.74, 6) is -0.809. The second-order valence-corrected chi connectivity index (χ2v) is 5.29. The van der Waals surface area contributed by atoms with E-state index >= 15 is 0 Å². The van der Waals surface area contributed by atoms with Crippen molar-refractivity contribution in [2.24, 2.45) is 7.05 Å². The summed E-state index contributed by atoms with van der Waals surface area (Å²) in [4.78, 5) is 15.8. The molecule has 0 aromatic carbocycles. The van der Waals surface area contributed by atoms with Gasteiger partial charge in [0.05, 0.1) is 23.8 Å². The molecule has 2 aromatic rings. The highest BCUT2D eigenvalue weighted by Crippen LogP contribution is 2.18. The highest BCUT2D eigenvalue weighted by molar-refractivity contribution is 7.81. The Balaban J connectivity index is 2.18. The Labute approximate surface area is 126 Å². The zero-order chi connectivity index (χ0) is 16.3. The van der Waals surface area contributed by atoms with E-state index in [9.17, 15) is 17.1 Å². The van der Waals surface area contributed by atoms with E-state index in [-0.39, 0.29) is 11.4 Å². The van der Waals surface area contributed by atoms with E-state index in [0.717, 1.165) is 18.0 Å². The highest BCUT2D eigenvalue weighted by atomic mass is 32.3. The predicted octanol–water partition coefficient (Wildman–Crippen LogP) is 1.22. The minimum atomic E-state index is -5.15. The van der Waals surface area contributed by atoms with E-state index in [1.54, 1.807) is 13.1 Å². The van der Waals surface area contributed by atoms with Crippen LogP contribution in [0.2, 0.25) is 0 Å². The van der Waals surface area contributed by atoms with Crippen molar-refractivity contribution in [1.82, 2.24) is 14.8 Å². The van der Waals surface area contributed by atoms with E-state index < -0.39 is 16.4 Å². The molecule has 2 heterocycles. The zero-order valence-corrected chi connectivity index (χ0v) is 12.6. The number of nitrogens with one attached hydrogen (secondary N) is 1. The van der Waals surface area contributed by atoms with Gasteiger partial charge in [-0.1, -0.05) is 10.8 Å². The van der Waals surface area contributed by atoms with Gasteiger partial charge in [-0.05, 0) is 12.5 Å². The summed E-state index contributed by atoms with van der Waals surface area (Å²) in [7, 11) is -3.52. The molecule has 22 heavy (non-hydrogen) atoms. The lowest BCUT2D eigenvalue weighted by Crippen LogP contribution is -2.16. The molecule has 8 nitrogen and oxygen atoms in total. The first-order valence-corrected chi connectivity index (χ1v) is 7.52. The van der Waals surface area contributed by atoms with Gasteiger partial charge in [0.1, 0.15) is 5.69 Å². The molecule has 0 spiro atoms. The lowest BCUT2D eigenvalue weighted by molar-refractivity contribution is 0.101. The molecule has 0 aliphatic carbocycles. The van der Waals surface area contributed by atoms with E-state index in [4.69, 9.17) is 0 Å². The van der Waals surface area contributed by atoms with Crippen molar-refractivity contribution in [3.8, 4) is 5.75 Å². The number of halogens is 1. The molecule has 0 bridgehead atoms. The maximum Gasteiger partial charge on any atom is 0.488 e. The van der Waals surface area contributed by atoms with Crippen LogP contribution in [0.15, 0.2) is 24.5 Å². The minimum absolute atomic E-state index is 0.158. The number of hydrogen-bond acceptors (Lipinski definition) is 6. The molecule has 0 radical (unpaired) electrons. The Hall–Kier alpha value is -2.49. The van der Waals surface area contributed by atoms with Crippen LogP contribution in [0.4, 0.5) is 9.57 Å². The van der Waals surface area contributed by atoms with Gasteiger partial charge < -0.3 is 9.50 Å². The number of hydrogen-bond donors (Lipinski definition) is 1. The van der Waals surface area contributed by atoms with E-state index in [1.165, 1.54) is 10.9 Å². The third kappa shape index (κ3) is 4.01. The normalized spacial score (nSPS) is 11.2. The zero-order valence-electron chi connectivity index (χ0n) is 11.8. The molecular formula is C12H13FN4O4S. The Morgan fingerprint density at radius 2 is 2.14 bits per heavy atom. The lowest BCUT2D eigenvalue weighted by atomic mass is 10.3. The van der Waals surface area contributed by atoms with Crippen molar-refractivity contribution in [3.63, 3.8) is 0 Å². The number of amides is 1. The summed E-state index contributed by atoms with van der Waals surface area (Å²) in [6, 6.07) is 2.77. The quantitative estimate of drug-likeness (QED) is 0.828. The first-order chi connectivity index (χ1) is 10.3. The van der Waals surface area contributed by atoms with Gasteiger partial charge in [0.15, 0.2) is 5.75 Å². The van der Waals surface area contributed by atoms with Crippen LogP contribution in [-0.2, 0) is 24.0 Å². The lowest BCUT2D eigenvalue weighted by Gasteiger charge is -2.06. The SMILES string of the molecule is CCc1cc(C(=O)Nc2cncc(OS(=O)(=O)F)c2)n(C)n1. The van der Waals surface area contributed by atoms with E-state index in [0.29, 0.717) is 12.1 Å². The molecule has 0 aliphatic rings. The molecule has 2 aromatic heterocycles. The summed E-state index contributed by atoms with van der Waals surface area (Å²) in [5.41, 5.74) is 1.23. The van der Waals surface area contributed by atoms with Crippen molar-refractivity contribution in [3.05, 3.63) is 35.9 Å². The van der Waals surface area contributed by atoms with Crippen LogP contribution >= 0.6 is 0 Å². The van der Waals surface area contributed by atoms with Crippen molar-refractivity contribution in [1.29, 1.82) is 0 Å². The van der Waals surface area contributed by atoms with Crippen LogP contribution in [0.5, 0.6) is 5.75 Å². The Kier molecular flexibility index (Phi) is 4.40. The summed E-state index contributed by atoms with van der Waals surface area (Å²) in [5, 5.41) is 6.65. The molecule has 1 N–H and O–H groups in total. The van der Waals surface area contributed by atoms with Crippen LogP contribution in [0, 0.1) is 0 Å². The number of carbonyl (C=O) groups excluding carboxylic acids is 1. The van der Waals surface area contributed by atoms with Crippen molar-refractivity contribution in [2.75, 3.05) is 5.32 Å². The maximum absolute atomic E-state index is 12.5. The average molecular weight is 328 g/mol. The molecule has 0 unspecified atom stereocenters. The topological polar surface area (TPSA) is 103 Å². The van der Waals surface area contributed by atoms with Crippen LogP contribution < -0.4 is 9.50 Å². The molecule has 1 amide bonds. The van der Waals surface area contributed by atoms with Crippen LogP contribution in [0.25, 0.3) is 0 Å². The number of aromatic nitrogens is 3. The van der Waals surface area contributed by atoms with Gasteiger partial charge in [-0.25, -0.2) is 0 Å². The smallest absolute Gasteiger partial charge is 0.357 e. The second-order valence-electron chi connectivity index (χ2n) is 4.34. The molecule has 0 fully saturated rings. The molecule has 0 saturated heterocycles. The highest BCUT2D eigenvalue weighted by Gasteiger charge is 2.15. The van der Waals surface area contributed by atoms with Gasteiger partial charge in [0.25, 0.3) is 5.91 Å². The Bertz CT molecular complexity index is 803. The number of pyridine rings is 1. The van der Waals surface area contributed by atoms with Crippen LogP contribution in [0.1, 0.15) is 23.1 Å². The Morgan fingerprint density at radius 3 is 2.73 bits per heavy atom.